The SMILES string of the molecule is Cc1c(S(=O)Cl)ccc2c(Cl)ccnc12. The van der Waals surface area contributed by atoms with Crippen LogP contribution in [0.15, 0.2) is 29.3 Å². The number of benzene rings is 1. The Labute approximate surface area is 99.2 Å². The smallest absolute Gasteiger partial charge is 0.147 e. The van der Waals surface area contributed by atoms with Crippen molar-refractivity contribution < 1.29 is 4.21 Å². The van der Waals surface area contributed by atoms with E-state index in [2.05, 4.69) is 4.98 Å². The molecule has 1 heterocycles. The van der Waals surface area contributed by atoms with Crippen molar-refractivity contribution in [1.82, 2.24) is 4.98 Å². The molecule has 2 aromatic rings. The molecule has 0 bridgehead atoms. The molecule has 0 aliphatic carbocycles. The fraction of sp³-hybridized carbons (Fsp3) is 0.100. The van der Waals surface area contributed by atoms with Crippen LogP contribution in [0.4, 0.5) is 0 Å². The molecule has 0 spiro atoms. The first kappa shape index (κ1) is 10.9. The largest absolute Gasteiger partial charge is 0.256 e. The molecule has 0 aliphatic heterocycles. The minimum atomic E-state index is -1.51. The number of hydrogen-bond acceptors (Lipinski definition) is 2. The lowest BCUT2D eigenvalue weighted by Crippen LogP contribution is -1.91. The maximum absolute atomic E-state index is 11.2. The van der Waals surface area contributed by atoms with Gasteiger partial charge in [-0.2, -0.15) is 0 Å². The second-order valence-electron chi connectivity index (χ2n) is 3.10. The molecule has 2 nitrogen and oxygen atoms in total. The molecule has 1 unspecified atom stereocenters. The van der Waals surface area contributed by atoms with Gasteiger partial charge < -0.3 is 0 Å². The van der Waals surface area contributed by atoms with Crippen molar-refractivity contribution in [2.45, 2.75) is 11.8 Å². The predicted octanol–water partition coefficient (Wildman–Crippen LogP) is 3.46. The highest BCUT2D eigenvalue weighted by Crippen LogP contribution is 2.28. The number of hydrogen-bond donors (Lipinski definition) is 0. The van der Waals surface area contributed by atoms with E-state index in [1.54, 1.807) is 24.4 Å². The molecular formula is C10H7Cl2NOS. The minimum absolute atomic E-state index is 0.582. The average molecular weight is 260 g/mol. The summed E-state index contributed by atoms with van der Waals surface area (Å²) < 4.78 is 11.2. The van der Waals surface area contributed by atoms with E-state index in [-0.39, 0.29) is 0 Å². The van der Waals surface area contributed by atoms with Gasteiger partial charge in [0.25, 0.3) is 0 Å². The van der Waals surface area contributed by atoms with Crippen molar-refractivity contribution in [2.75, 3.05) is 0 Å². The molecule has 0 amide bonds. The summed E-state index contributed by atoms with van der Waals surface area (Å²) >= 11 is 6.01. The lowest BCUT2D eigenvalue weighted by atomic mass is 10.1. The lowest BCUT2D eigenvalue weighted by molar-refractivity contribution is 0.691. The van der Waals surface area contributed by atoms with Crippen molar-refractivity contribution in [2.24, 2.45) is 0 Å². The van der Waals surface area contributed by atoms with Gasteiger partial charge in [0.2, 0.25) is 0 Å². The van der Waals surface area contributed by atoms with Crippen LogP contribution >= 0.6 is 22.3 Å². The Morgan fingerprint density at radius 1 is 1.33 bits per heavy atom. The van der Waals surface area contributed by atoms with Crippen LogP contribution in [0.2, 0.25) is 5.02 Å². The number of fused-ring (bicyclic) bond motifs is 1. The maximum Gasteiger partial charge on any atom is 0.147 e. The second-order valence-corrected chi connectivity index (χ2v) is 5.24. The highest BCUT2D eigenvalue weighted by Gasteiger charge is 2.10. The van der Waals surface area contributed by atoms with Gasteiger partial charge in [-0.1, -0.05) is 17.7 Å². The van der Waals surface area contributed by atoms with E-state index in [9.17, 15) is 4.21 Å². The Hall–Kier alpha value is -0.640. The fourth-order valence-corrected chi connectivity index (χ4v) is 2.70. The molecule has 2 rings (SSSR count). The normalized spacial score (nSPS) is 13.0. The third-order valence-electron chi connectivity index (χ3n) is 2.24. The van der Waals surface area contributed by atoms with E-state index in [1.807, 2.05) is 6.92 Å². The highest BCUT2D eigenvalue weighted by atomic mass is 35.7. The van der Waals surface area contributed by atoms with Crippen LogP contribution in [0.25, 0.3) is 10.9 Å². The van der Waals surface area contributed by atoms with Crippen molar-refractivity contribution in [3.8, 4) is 0 Å². The number of aryl methyl sites for hydroxylation is 1. The summed E-state index contributed by atoms with van der Waals surface area (Å²) in [5, 5.41) is 1.48. The third-order valence-corrected chi connectivity index (χ3v) is 3.85. The van der Waals surface area contributed by atoms with Crippen LogP contribution in [0.1, 0.15) is 5.56 Å². The number of halogens is 2. The first-order valence-corrected chi connectivity index (χ1v) is 6.58. The van der Waals surface area contributed by atoms with Crippen LogP contribution in [0.3, 0.4) is 0 Å². The fourth-order valence-electron chi connectivity index (χ4n) is 1.48. The van der Waals surface area contributed by atoms with E-state index in [4.69, 9.17) is 22.3 Å². The van der Waals surface area contributed by atoms with Gasteiger partial charge >= 0.3 is 0 Å². The van der Waals surface area contributed by atoms with Gasteiger partial charge in [0.05, 0.1) is 15.4 Å². The lowest BCUT2D eigenvalue weighted by Gasteiger charge is -2.05. The number of rotatable bonds is 1. The number of aromatic nitrogens is 1. The molecule has 0 saturated heterocycles. The quantitative estimate of drug-likeness (QED) is 0.735. The summed E-state index contributed by atoms with van der Waals surface area (Å²) in [5.74, 6) is 0. The monoisotopic (exact) mass is 259 g/mol. The molecule has 15 heavy (non-hydrogen) atoms. The van der Waals surface area contributed by atoms with Gasteiger partial charge in [0, 0.05) is 11.6 Å². The summed E-state index contributed by atoms with van der Waals surface area (Å²) in [6, 6.07) is 5.22. The van der Waals surface area contributed by atoms with Crippen molar-refractivity contribution in [3.63, 3.8) is 0 Å². The molecule has 1 aromatic carbocycles. The molecular weight excluding hydrogens is 253 g/mol. The predicted molar refractivity (Wildman–Crippen MR) is 63.8 cm³/mol. The Bertz CT molecular complexity index is 556. The molecule has 78 valence electrons. The van der Waals surface area contributed by atoms with Gasteiger partial charge in [0.1, 0.15) is 10.0 Å². The van der Waals surface area contributed by atoms with Crippen molar-refractivity contribution in [1.29, 1.82) is 0 Å². The summed E-state index contributed by atoms with van der Waals surface area (Å²) in [6.45, 7) is 1.83. The first-order valence-electron chi connectivity index (χ1n) is 4.23. The van der Waals surface area contributed by atoms with Crippen molar-refractivity contribution in [3.05, 3.63) is 35.0 Å². The Morgan fingerprint density at radius 2 is 2.07 bits per heavy atom. The van der Waals surface area contributed by atoms with E-state index < -0.39 is 10.0 Å². The summed E-state index contributed by atoms with van der Waals surface area (Å²) in [6.07, 6.45) is 1.62. The number of pyridine rings is 1. The Kier molecular flexibility index (Phi) is 2.96. The van der Waals surface area contributed by atoms with Gasteiger partial charge in [-0.05, 0) is 35.3 Å². The minimum Gasteiger partial charge on any atom is -0.256 e. The molecule has 1 aromatic heterocycles. The Morgan fingerprint density at radius 3 is 2.73 bits per heavy atom. The molecule has 1 atom stereocenters. The van der Waals surface area contributed by atoms with Crippen LogP contribution in [-0.2, 0) is 10.0 Å². The van der Waals surface area contributed by atoms with Gasteiger partial charge in [-0.3, -0.25) is 4.98 Å². The average Bonchev–Trinajstić information content (AvgIpc) is 2.19. The third kappa shape index (κ3) is 1.87. The highest BCUT2D eigenvalue weighted by molar-refractivity contribution is 8.08. The zero-order chi connectivity index (χ0) is 11.0. The van der Waals surface area contributed by atoms with Crippen LogP contribution in [0, 0.1) is 6.92 Å². The van der Waals surface area contributed by atoms with Gasteiger partial charge in [-0.15, -0.1) is 0 Å². The first-order chi connectivity index (χ1) is 7.11. The van der Waals surface area contributed by atoms with Gasteiger partial charge in [-0.25, -0.2) is 4.21 Å². The van der Waals surface area contributed by atoms with E-state index in [0.717, 1.165) is 16.5 Å². The molecule has 0 saturated carbocycles. The summed E-state index contributed by atoms with van der Waals surface area (Å²) in [7, 11) is 4.05. The molecule has 0 fully saturated rings. The zero-order valence-corrected chi connectivity index (χ0v) is 10.2. The molecule has 0 radical (unpaired) electrons. The molecule has 0 N–H and O–H groups in total. The van der Waals surface area contributed by atoms with Crippen LogP contribution in [0.5, 0.6) is 0 Å². The summed E-state index contributed by atoms with van der Waals surface area (Å²) in [5.41, 5.74) is 1.55. The second kappa shape index (κ2) is 4.08. The van der Waals surface area contributed by atoms with E-state index >= 15 is 0 Å². The molecule has 0 aliphatic rings. The van der Waals surface area contributed by atoms with Crippen LogP contribution in [-0.4, -0.2) is 9.19 Å². The summed E-state index contributed by atoms with van der Waals surface area (Å²) in [4.78, 5) is 4.79. The molecule has 5 heteroatoms. The Balaban J connectivity index is 2.86. The maximum atomic E-state index is 11.2. The van der Waals surface area contributed by atoms with E-state index in [1.165, 1.54) is 0 Å². The van der Waals surface area contributed by atoms with Gasteiger partial charge in [0.15, 0.2) is 0 Å². The zero-order valence-electron chi connectivity index (χ0n) is 7.83. The van der Waals surface area contributed by atoms with E-state index in [0.29, 0.717) is 9.92 Å². The topological polar surface area (TPSA) is 30.0 Å². The van der Waals surface area contributed by atoms with Crippen molar-refractivity contribution >= 4 is 43.2 Å². The van der Waals surface area contributed by atoms with Crippen LogP contribution < -0.4 is 0 Å². The standard InChI is InChI=1S/C10H7Cl2NOS/c1-6-9(15(12)14)3-2-7-8(11)4-5-13-10(6)7/h2-5H,1H3. The number of nitrogens with zero attached hydrogens (tertiary/aromatic N) is 1.